The van der Waals surface area contributed by atoms with Crippen molar-refractivity contribution in [1.29, 1.82) is 0 Å². The maximum absolute atomic E-state index is 12.6. The Morgan fingerprint density at radius 2 is 2.00 bits per heavy atom. The molecule has 0 N–H and O–H groups in total. The molecule has 1 aliphatic heterocycles. The molecule has 7 heteroatoms. The number of methoxy groups -OCH3 is 1. The summed E-state index contributed by atoms with van der Waals surface area (Å²) in [6.45, 7) is 1.22. The molecule has 1 saturated heterocycles. The fourth-order valence-electron chi connectivity index (χ4n) is 2.73. The third-order valence-corrected chi connectivity index (χ3v) is 4.14. The normalized spacial score (nSPS) is 16.6. The maximum atomic E-state index is 12.6. The van der Waals surface area contributed by atoms with E-state index in [0.29, 0.717) is 24.5 Å². The monoisotopic (exact) mass is 342 g/mol. The molecule has 1 aromatic carbocycles. The largest absolute Gasteiger partial charge is 0.497 e. The highest BCUT2D eigenvalue weighted by Crippen LogP contribution is 2.21. The van der Waals surface area contributed by atoms with Crippen molar-refractivity contribution in [2.75, 3.05) is 39.2 Å². The summed E-state index contributed by atoms with van der Waals surface area (Å²) >= 11 is 0. The van der Waals surface area contributed by atoms with Crippen molar-refractivity contribution in [2.45, 2.75) is 12.5 Å². The zero-order chi connectivity index (χ0) is 17.8. The average Bonchev–Trinajstić information content (AvgIpc) is 3.10. The summed E-state index contributed by atoms with van der Waals surface area (Å²) in [4.78, 5) is 24.6. The van der Waals surface area contributed by atoms with Crippen LogP contribution in [-0.2, 0) is 0 Å². The highest BCUT2D eigenvalue weighted by molar-refractivity contribution is 5.94. The van der Waals surface area contributed by atoms with Gasteiger partial charge in [0.2, 0.25) is 5.88 Å². The second kappa shape index (κ2) is 7.38. The van der Waals surface area contributed by atoms with Crippen molar-refractivity contribution in [3.8, 4) is 11.6 Å². The highest BCUT2D eigenvalue weighted by atomic mass is 16.5. The molecular formula is C18H22N4O3. The minimum absolute atomic E-state index is 0.00502. The molecule has 1 atom stereocenters. The van der Waals surface area contributed by atoms with Crippen LogP contribution < -0.4 is 14.4 Å². The minimum Gasteiger partial charge on any atom is -0.497 e. The molecule has 0 bridgehead atoms. The molecule has 2 aromatic rings. The third kappa shape index (κ3) is 3.99. The van der Waals surface area contributed by atoms with Gasteiger partial charge in [-0.15, -0.1) is 0 Å². The van der Waals surface area contributed by atoms with Crippen LogP contribution in [0.2, 0.25) is 0 Å². The molecule has 1 unspecified atom stereocenters. The van der Waals surface area contributed by atoms with Crippen LogP contribution in [0.25, 0.3) is 0 Å². The van der Waals surface area contributed by atoms with Gasteiger partial charge in [-0.1, -0.05) is 0 Å². The van der Waals surface area contributed by atoms with Crippen LogP contribution >= 0.6 is 0 Å². The van der Waals surface area contributed by atoms with E-state index in [9.17, 15) is 4.79 Å². The summed E-state index contributed by atoms with van der Waals surface area (Å²) < 4.78 is 11.1. The van der Waals surface area contributed by atoms with E-state index in [1.54, 1.807) is 42.3 Å². The quantitative estimate of drug-likeness (QED) is 0.826. The number of benzene rings is 1. The number of hydrogen-bond donors (Lipinski definition) is 0. The van der Waals surface area contributed by atoms with Gasteiger partial charge < -0.3 is 19.3 Å². The Morgan fingerprint density at radius 1 is 1.24 bits per heavy atom. The number of rotatable bonds is 5. The van der Waals surface area contributed by atoms with E-state index >= 15 is 0 Å². The molecule has 1 aliphatic rings. The molecular weight excluding hydrogens is 320 g/mol. The Kier molecular flexibility index (Phi) is 5.02. The molecule has 0 spiro atoms. The summed E-state index contributed by atoms with van der Waals surface area (Å²) in [5, 5.41) is 0. The lowest BCUT2D eigenvalue weighted by molar-refractivity contribution is 0.0771. The van der Waals surface area contributed by atoms with Gasteiger partial charge in [-0.25, -0.2) is 9.97 Å². The van der Waals surface area contributed by atoms with E-state index < -0.39 is 0 Å². The Morgan fingerprint density at radius 3 is 2.68 bits per heavy atom. The fraction of sp³-hybridized carbons (Fsp3) is 0.389. The van der Waals surface area contributed by atoms with Crippen LogP contribution in [0.4, 0.5) is 5.82 Å². The van der Waals surface area contributed by atoms with E-state index in [0.717, 1.165) is 18.0 Å². The van der Waals surface area contributed by atoms with Gasteiger partial charge in [0.25, 0.3) is 5.91 Å². The number of ether oxygens (including phenoxy) is 2. The number of amides is 1. The average molecular weight is 342 g/mol. The first-order valence-electron chi connectivity index (χ1n) is 8.16. The molecule has 1 amide bonds. The fourth-order valence-corrected chi connectivity index (χ4v) is 2.73. The molecule has 1 aromatic heterocycles. The van der Waals surface area contributed by atoms with E-state index in [2.05, 4.69) is 9.97 Å². The summed E-state index contributed by atoms with van der Waals surface area (Å²) in [6, 6.07) is 8.95. The van der Waals surface area contributed by atoms with Gasteiger partial charge >= 0.3 is 0 Å². The first kappa shape index (κ1) is 17.0. The van der Waals surface area contributed by atoms with Crippen molar-refractivity contribution in [2.24, 2.45) is 0 Å². The number of carbonyl (C=O) groups excluding carboxylic acids is 1. The lowest BCUT2D eigenvalue weighted by Gasteiger charge is -2.18. The van der Waals surface area contributed by atoms with E-state index in [1.165, 1.54) is 6.33 Å². The van der Waals surface area contributed by atoms with Gasteiger partial charge in [0, 0.05) is 38.7 Å². The number of likely N-dealkylation sites (tertiary alicyclic amines) is 1. The van der Waals surface area contributed by atoms with Gasteiger partial charge in [0.15, 0.2) is 0 Å². The van der Waals surface area contributed by atoms with Gasteiger partial charge in [0.1, 0.15) is 24.0 Å². The number of anilines is 1. The molecule has 25 heavy (non-hydrogen) atoms. The lowest BCUT2D eigenvalue weighted by Crippen LogP contribution is -2.31. The van der Waals surface area contributed by atoms with Crippen molar-refractivity contribution in [1.82, 2.24) is 14.9 Å². The second-order valence-corrected chi connectivity index (χ2v) is 6.12. The van der Waals surface area contributed by atoms with Gasteiger partial charge in [-0.3, -0.25) is 4.79 Å². The van der Waals surface area contributed by atoms with Gasteiger partial charge in [0.05, 0.1) is 13.7 Å². The Bertz CT molecular complexity index is 733. The predicted molar refractivity (Wildman–Crippen MR) is 94.3 cm³/mol. The number of hydrogen-bond acceptors (Lipinski definition) is 6. The molecule has 0 radical (unpaired) electrons. The first-order chi connectivity index (χ1) is 12.1. The first-order valence-corrected chi connectivity index (χ1v) is 8.16. The van der Waals surface area contributed by atoms with Crippen molar-refractivity contribution >= 4 is 11.7 Å². The van der Waals surface area contributed by atoms with Crippen molar-refractivity contribution in [3.63, 3.8) is 0 Å². The zero-order valence-corrected chi connectivity index (χ0v) is 14.7. The van der Waals surface area contributed by atoms with Crippen LogP contribution in [0.15, 0.2) is 36.7 Å². The zero-order valence-electron chi connectivity index (χ0n) is 14.7. The van der Waals surface area contributed by atoms with Crippen LogP contribution in [0, 0.1) is 0 Å². The van der Waals surface area contributed by atoms with Gasteiger partial charge in [-0.05, 0) is 24.3 Å². The molecule has 0 saturated carbocycles. The smallest absolute Gasteiger partial charge is 0.253 e. The molecule has 7 nitrogen and oxygen atoms in total. The molecule has 3 rings (SSSR count). The number of aromatic nitrogens is 2. The summed E-state index contributed by atoms with van der Waals surface area (Å²) in [5.41, 5.74) is 0.651. The standard InChI is InChI=1S/C18H22N4O3/c1-21(2)16-10-17(20-12-19-16)25-15-8-9-22(11-15)18(23)13-4-6-14(24-3)7-5-13/h4-7,10,12,15H,8-9,11H2,1-3H3. The van der Waals surface area contributed by atoms with Crippen LogP contribution in [-0.4, -0.2) is 61.2 Å². The van der Waals surface area contributed by atoms with Crippen LogP contribution in [0.3, 0.4) is 0 Å². The molecule has 132 valence electrons. The maximum Gasteiger partial charge on any atom is 0.253 e. The predicted octanol–water partition coefficient (Wildman–Crippen LogP) is 1.84. The van der Waals surface area contributed by atoms with E-state index in [-0.39, 0.29) is 12.0 Å². The summed E-state index contributed by atoms with van der Waals surface area (Å²) in [5.74, 6) is 2.06. The Labute approximate surface area is 147 Å². The van der Waals surface area contributed by atoms with E-state index in [1.807, 2.05) is 19.0 Å². The topological polar surface area (TPSA) is 67.8 Å². The Hall–Kier alpha value is -2.83. The number of carbonyl (C=O) groups is 1. The molecule has 1 fully saturated rings. The SMILES string of the molecule is COc1ccc(C(=O)N2CCC(Oc3cc(N(C)C)ncn3)C2)cc1. The second-order valence-electron chi connectivity index (χ2n) is 6.12. The van der Waals surface area contributed by atoms with Crippen molar-refractivity contribution < 1.29 is 14.3 Å². The van der Waals surface area contributed by atoms with Crippen LogP contribution in [0.1, 0.15) is 16.8 Å². The van der Waals surface area contributed by atoms with E-state index in [4.69, 9.17) is 9.47 Å². The molecule has 2 heterocycles. The van der Waals surface area contributed by atoms with Gasteiger partial charge in [-0.2, -0.15) is 0 Å². The third-order valence-electron chi connectivity index (χ3n) is 4.14. The highest BCUT2D eigenvalue weighted by Gasteiger charge is 2.28. The molecule has 0 aliphatic carbocycles. The summed E-state index contributed by atoms with van der Waals surface area (Å²) in [6.07, 6.45) is 2.20. The van der Waals surface area contributed by atoms with Crippen molar-refractivity contribution in [3.05, 3.63) is 42.2 Å². The van der Waals surface area contributed by atoms with Crippen LogP contribution in [0.5, 0.6) is 11.6 Å². The summed E-state index contributed by atoms with van der Waals surface area (Å²) in [7, 11) is 5.43. The minimum atomic E-state index is -0.0629. The Balaban J connectivity index is 1.61. The number of nitrogens with zero attached hydrogens (tertiary/aromatic N) is 4. The lowest BCUT2D eigenvalue weighted by atomic mass is 10.2.